The molecule has 118 valence electrons. The number of aromatic nitrogens is 1. The molecule has 0 radical (unpaired) electrons. The Hall–Kier alpha value is -1.13. The highest BCUT2D eigenvalue weighted by Gasteiger charge is 2.45. The number of aliphatic hydroxyl groups excluding tert-OH is 1. The van der Waals surface area contributed by atoms with Gasteiger partial charge in [-0.3, -0.25) is 0 Å². The van der Waals surface area contributed by atoms with Gasteiger partial charge in [0.2, 0.25) is 0 Å². The molecular formula is C17H28N2O2. The fourth-order valence-electron chi connectivity index (χ4n) is 3.24. The molecule has 1 aliphatic carbocycles. The molecule has 0 aliphatic heterocycles. The lowest BCUT2D eigenvalue weighted by molar-refractivity contribution is -0.153. The van der Waals surface area contributed by atoms with Crippen LogP contribution in [0.5, 0.6) is 0 Å². The Morgan fingerprint density at radius 3 is 2.52 bits per heavy atom. The Balaban J connectivity index is 2.31. The van der Waals surface area contributed by atoms with Crippen LogP contribution in [-0.4, -0.2) is 22.3 Å². The first-order valence-electron chi connectivity index (χ1n) is 7.84. The van der Waals surface area contributed by atoms with Gasteiger partial charge in [0.25, 0.3) is 0 Å². The summed E-state index contributed by atoms with van der Waals surface area (Å²) in [6.45, 7) is 9.08. The van der Waals surface area contributed by atoms with E-state index >= 15 is 0 Å². The van der Waals surface area contributed by atoms with Crippen LogP contribution in [0.15, 0.2) is 12.3 Å². The van der Waals surface area contributed by atoms with Gasteiger partial charge in [-0.1, -0.05) is 13.8 Å². The summed E-state index contributed by atoms with van der Waals surface area (Å²) in [5.41, 5.74) is 7.46. The summed E-state index contributed by atoms with van der Waals surface area (Å²) >= 11 is 0. The lowest BCUT2D eigenvalue weighted by atomic mass is 9.68. The maximum Gasteiger partial charge on any atom is 0.129 e. The third kappa shape index (κ3) is 3.38. The van der Waals surface area contributed by atoms with Crippen molar-refractivity contribution < 1.29 is 9.84 Å². The van der Waals surface area contributed by atoms with Crippen molar-refractivity contribution in [2.24, 2.45) is 5.41 Å². The van der Waals surface area contributed by atoms with E-state index in [1.165, 1.54) is 0 Å². The highest BCUT2D eigenvalue weighted by molar-refractivity contribution is 5.43. The molecule has 21 heavy (non-hydrogen) atoms. The number of hydrogen-bond donors (Lipinski definition) is 2. The summed E-state index contributed by atoms with van der Waals surface area (Å²) in [4.78, 5) is 4.18. The Bertz CT molecular complexity index is 490. The number of anilines is 1. The summed E-state index contributed by atoms with van der Waals surface area (Å²) in [6, 6.07) is 1.92. The van der Waals surface area contributed by atoms with Gasteiger partial charge >= 0.3 is 0 Å². The van der Waals surface area contributed by atoms with E-state index in [0.717, 1.165) is 31.2 Å². The van der Waals surface area contributed by atoms with Crippen LogP contribution in [0.3, 0.4) is 0 Å². The normalized spacial score (nSPS) is 22.0. The van der Waals surface area contributed by atoms with Crippen LogP contribution < -0.4 is 5.73 Å². The van der Waals surface area contributed by atoms with E-state index in [1.54, 1.807) is 6.20 Å². The quantitative estimate of drug-likeness (QED) is 0.892. The Labute approximate surface area is 127 Å². The molecule has 0 spiro atoms. The van der Waals surface area contributed by atoms with Crippen molar-refractivity contribution in [2.45, 2.75) is 65.1 Å². The van der Waals surface area contributed by atoms with Gasteiger partial charge in [-0.15, -0.1) is 0 Å². The molecule has 1 aromatic rings. The van der Waals surface area contributed by atoms with Crippen LogP contribution in [0.4, 0.5) is 5.82 Å². The molecule has 0 saturated heterocycles. The average molecular weight is 292 g/mol. The molecule has 2 rings (SSSR count). The smallest absolute Gasteiger partial charge is 0.129 e. The molecular weight excluding hydrogens is 264 g/mol. The van der Waals surface area contributed by atoms with E-state index in [0.29, 0.717) is 23.4 Å². The van der Waals surface area contributed by atoms with Crippen molar-refractivity contribution in [1.82, 2.24) is 4.98 Å². The number of nitrogens with two attached hydrogens (primary N) is 1. The minimum Gasteiger partial charge on any atom is -0.385 e. The topological polar surface area (TPSA) is 68.4 Å². The zero-order valence-electron chi connectivity index (χ0n) is 13.6. The SMILES string of the molecule is CCOC1(C(O)c2cc(C)cnc2N)CCC(C)(C)CC1. The van der Waals surface area contributed by atoms with E-state index in [4.69, 9.17) is 10.5 Å². The van der Waals surface area contributed by atoms with Crippen LogP contribution in [0.1, 0.15) is 63.7 Å². The van der Waals surface area contributed by atoms with Gasteiger partial charge in [-0.2, -0.15) is 0 Å². The van der Waals surface area contributed by atoms with E-state index in [1.807, 2.05) is 19.9 Å². The lowest BCUT2D eigenvalue weighted by Gasteiger charge is -2.46. The van der Waals surface area contributed by atoms with Crippen LogP contribution >= 0.6 is 0 Å². The zero-order chi connectivity index (χ0) is 15.7. The second-order valence-corrected chi connectivity index (χ2v) is 7.05. The highest BCUT2D eigenvalue weighted by atomic mass is 16.5. The number of rotatable bonds is 4. The molecule has 1 unspecified atom stereocenters. The number of aryl methyl sites for hydroxylation is 1. The van der Waals surface area contributed by atoms with Crippen molar-refractivity contribution in [1.29, 1.82) is 0 Å². The second-order valence-electron chi connectivity index (χ2n) is 7.05. The largest absolute Gasteiger partial charge is 0.385 e. The van der Waals surface area contributed by atoms with Crippen molar-refractivity contribution >= 4 is 5.82 Å². The van der Waals surface area contributed by atoms with Gasteiger partial charge in [-0.05, 0) is 56.6 Å². The molecule has 1 atom stereocenters. The molecule has 0 amide bonds. The summed E-state index contributed by atoms with van der Waals surface area (Å²) in [5, 5.41) is 11.0. The van der Waals surface area contributed by atoms with Crippen molar-refractivity contribution in [3.05, 3.63) is 23.4 Å². The van der Waals surface area contributed by atoms with Gasteiger partial charge in [0.05, 0.1) is 5.60 Å². The van der Waals surface area contributed by atoms with Crippen LogP contribution in [0, 0.1) is 12.3 Å². The first-order chi connectivity index (χ1) is 9.80. The minimum absolute atomic E-state index is 0.316. The van der Waals surface area contributed by atoms with Crippen LogP contribution in [-0.2, 0) is 4.74 Å². The molecule has 0 aromatic carbocycles. The summed E-state index contributed by atoms with van der Waals surface area (Å²) < 4.78 is 6.04. The third-order valence-electron chi connectivity index (χ3n) is 4.76. The van der Waals surface area contributed by atoms with Gasteiger partial charge in [0.15, 0.2) is 0 Å². The number of nitrogen functional groups attached to an aromatic ring is 1. The Morgan fingerprint density at radius 1 is 1.33 bits per heavy atom. The molecule has 3 N–H and O–H groups in total. The zero-order valence-corrected chi connectivity index (χ0v) is 13.6. The number of nitrogens with zero attached hydrogens (tertiary/aromatic N) is 1. The summed E-state index contributed by atoms with van der Waals surface area (Å²) in [5.74, 6) is 0.400. The van der Waals surface area contributed by atoms with Gasteiger partial charge in [0.1, 0.15) is 11.9 Å². The van der Waals surface area contributed by atoms with E-state index in [-0.39, 0.29) is 0 Å². The van der Waals surface area contributed by atoms with E-state index in [9.17, 15) is 5.11 Å². The molecule has 0 bridgehead atoms. The second kappa shape index (κ2) is 5.93. The lowest BCUT2D eigenvalue weighted by Crippen LogP contribution is -2.45. The minimum atomic E-state index is -0.721. The Morgan fingerprint density at radius 2 is 1.95 bits per heavy atom. The molecule has 1 aliphatic rings. The van der Waals surface area contributed by atoms with Gasteiger partial charge in [-0.25, -0.2) is 4.98 Å². The van der Waals surface area contributed by atoms with Crippen LogP contribution in [0.25, 0.3) is 0 Å². The molecule has 4 nitrogen and oxygen atoms in total. The molecule has 1 aromatic heterocycles. The number of aliphatic hydroxyl groups is 1. The fourth-order valence-corrected chi connectivity index (χ4v) is 3.24. The maximum atomic E-state index is 11.0. The molecule has 1 fully saturated rings. The molecule has 4 heteroatoms. The van der Waals surface area contributed by atoms with Crippen LogP contribution in [0.2, 0.25) is 0 Å². The fraction of sp³-hybridized carbons (Fsp3) is 0.706. The molecule has 1 saturated carbocycles. The first kappa shape index (κ1) is 16.2. The molecule has 1 heterocycles. The summed E-state index contributed by atoms with van der Waals surface area (Å²) in [7, 11) is 0. The van der Waals surface area contributed by atoms with Gasteiger partial charge < -0.3 is 15.6 Å². The Kier molecular flexibility index (Phi) is 4.59. The van der Waals surface area contributed by atoms with E-state index in [2.05, 4.69) is 18.8 Å². The number of pyridine rings is 1. The van der Waals surface area contributed by atoms with Gasteiger partial charge in [0, 0.05) is 18.4 Å². The number of ether oxygens (including phenoxy) is 1. The predicted molar refractivity (Wildman–Crippen MR) is 85.0 cm³/mol. The summed E-state index contributed by atoms with van der Waals surface area (Å²) in [6.07, 6.45) is 4.79. The third-order valence-corrected chi connectivity index (χ3v) is 4.76. The predicted octanol–water partition coefficient (Wildman–Crippen LogP) is 3.38. The van der Waals surface area contributed by atoms with E-state index < -0.39 is 11.7 Å². The standard InChI is InChI=1S/C17H28N2O2/c1-5-21-17(8-6-16(3,4)7-9-17)14(20)13-10-12(2)11-19-15(13)18/h10-11,14,20H,5-9H2,1-4H3,(H2,18,19). The van der Waals surface area contributed by atoms with Crippen molar-refractivity contribution in [3.63, 3.8) is 0 Å². The number of hydrogen-bond acceptors (Lipinski definition) is 4. The van der Waals surface area contributed by atoms with Crippen molar-refractivity contribution in [2.75, 3.05) is 12.3 Å². The van der Waals surface area contributed by atoms with Crippen molar-refractivity contribution in [3.8, 4) is 0 Å². The average Bonchev–Trinajstić information content (AvgIpc) is 2.44. The monoisotopic (exact) mass is 292 g/mol. The first-order valence-corrected chi connectivity index (χ1v) is 7.84. The maximum absolute atomic E-state index is 11.0. The highest BCUT2D eigenvalue weighted by Crippen LogP contribution is 2.48.